The monoisotopic (exact) mass is 330 g/mol. The third kappa shape index (κ3) is 4.18. The number of carbonyl (C=O) groups is 1. The Morgan fingerprint density at radius 2 is 2.05 bits per heavy atom. The van der Waals surface area contributed by atoms with Crippen LogP contribution in [-0.4, -0.2) is 32.5 Å². The Hall–Kier alpha value is -1.61. The minimum Gasteiger partial charge on any atom is -0.465 e. The van der Waals surface area contributed by atoms with E-state index in [-0.39, 0.29) is 33.6 Å². The van der Waals surface area contributed by atoms with Gasteiger partial charge in [0.2, 0.25) is 0 Å². The topological polar surface area (TPSA) is 91.6 Å². The van der Waals surface area contributed by atoms with E-state index in [1.807, 2.05) is 0 Å². The van der Waals surface area contributed by atoms with Gasteiger partial charge < -0.3 is 10.5 Å². The Bertz CT molecular complexity index is 654. The summed E-state index contributed by atoms with van der Waals surface area (Å²) in [5, 5.41) is 0.591. The molecule has 0 bridgehead atoms. The molecule has 0 radical (unpaired) electrons. The lowest BCUT2D eigenvalue weighted by Crippen LogP contribution is -2.28. The SMILES string of the molecule is CCOC(=O)CS/C(C)=N/c1c(N)c(=S)n(C)c(=O)n1C. The predicted octanol–water partition coefficient (Wildman–Crippen LogP) is 1.38. The van der Waals surface area contributed by atoms with Crippen molar-refractivity contribution in [1.82, 2.24) is 9.13 Å². The second kappa shape index (κ2) is 7.41. The van der Waals surface area contributed by atoms with Gasteiger partial charge in [0.25, 0.3) is 0 Å². The van der Waals surface area contributed by atoms with Gasteiger partial charge in [-0.15, -0.1) is 0 Å². The van der Waals surface area contributed by atoms with Crippen molar-refractivity contribution in [2.75, 3.05) is 18.1 Å². The molecule has 0 fully saturated rings. The Kier molecular flexibility index (Phi) is 6.16. The largest absolute Gasteiger partial charge is 0.465 e. The highest BCUT2D eigenvalue weighted by Gasteiger charge is 2.11. The lowest BCUT2D eigenvalue weighted by Gasteiger charge is -2.11. The molecule has 1 heterocycles. The Balaban J connectivity index is 3.07. The maximum Gasteiger partial charge on any atom is 0.330 e. The lowest BCUT2D eigenvalue weighted by molar-refractivity contribution is -0.139. The van der Waals surface area contributed by atoms with E-state index in [2.05, 4.69) is 4.99 Å². The Morgan fingerprint density at radius 3 is 2.62 bits per heavy atom. The Morgan fingerprint density at radius 1 is 1.43 bits per heavy atom. The summed E-state index contributed by atoms with van der Waals surface area (Å²) in [5.41, 5.74) is 5.86. The minimum atomic E-state index is -0.317. The summed E-state index contributed by atoms with van der Waals surface area (Å²) in [5.74, 6) is 0.123. The van der Waals surface area contributed by atoms with Crippen LogP contribution in [0.15, 0.2) is 9.79 Å². The molecule has 21 heavy (non-hydrogen) atoms. The molecule has 0 unspecified atom stereocenters. The van der Waals surface area contributed by atoms with Gasteiger partial charge in [-0.25, -0.2) is 9.79 Å². The molecule has 0 saturated carbocycles. The van der Waals surface area contributed by atoms with Crippen molar-refractivity contribution >= 4 is 46.5 Å². The second-order valence-corrected chi connectivity index (χ2v) is 5.72. The first-order chi connectivity index (χ1) is 9.79. The summed E-state index contributed by atoms with van der Waals surface area (Å²) in [7, 11) is 3.12. The number of rotatable bonds is 4. The highest BCUT2D eigenvalue weighted by Crippen LogP contribution is 2.22. The normalized spacial score (nSPS) is 11.5. The molecule has 0 spiro atoms. The first-order valence-electron chi connectivity index (χ1n) is 6.18. The molecule has 0 aliphatic heterocycles. The number of thioether (sulfide) groups is 1. The Labute approximate surface area is 131 Å². The maximum atomic E-state index is 11.9. The van der Waals surface area contributed by atoms with Crippen LogP contribution in [0.25, 0.3) is 0 Å². The number of anilines is 1. The molecular weight excluding hydrogens is 312 g/mol. The quantitative estimate of drug-likeness (QED) is 0.388. The summed E-state index contributed by atoms with van der Waals surface area (Å²) in [6, 6.07) is 0. The molecule has 1 aromatic rings. The molecule has 0 aliphatic carbocycles. The van der Waals surface area contributed by atoms with E-state index in [1.54, 1.807) is 27.9 Å². The van der Waals surface area contributed by atoms with Gasteiger partial charge in [0.05, 0.1) is 17.4 Å². The average molecular weight is 330 g/mol. The number of esters is 1. The van der Waals surface area contributed by atoms with Crippen LogP contribution < -0.4 is 11.4 Å². The summed E-state index contributed by atoms with van der Waals surface area (Å²) >= 11 is 6.31. The first kappa shape index (κ1) is 17.4. The van der Waals surface area contributed by atoms with Crippen LogP contribution in [0.2, 0.25) is 0 Å². The standard InChI is InChI=1S/C12H18N4O3S2/c1-5-19-8(17)6-21-7(2)14-10-9(13)11(20)16(4)12(18)15(10)3/h5-6,13H2,1-4H3/b14-7+. The fourth-order valence-electron chi connectivity index (χ4n) is 1.54. The minimum absolute atomic E-state index is 0.151. The number of carbonyl (C=O) groups excluding carboxylic acids is 1. The van der Waals surface area contributed by atoms with Crippen LogP contribution in [0.3, 0.4) is 0 Å². The van der Waals surface area contributed by atoms with Gasteiger partial charge in [0, 0.05) is 14.1 Å². The van der Waals surface area contributed by atoms with Crippen LogP contribution >= 0.6 is 24.0 Å². The molecule has 0 atom stereocenters. The molecule has 0 amide bonds. The van der Waals surface area contributed by atoms with Crippen LogP contribution in [0.4, 0.5) is 11.5 Å². The summed E-state index contributed by atoms with van der Waals surface area (Å²) in [6.07, 6.45) is 0. The number of aromatic nitrogens is 2. The van der Waals surface area contributed by atoms with E-state index in [1.165, 1.54) is 20.9 Å². The molecular formula is C12H18N4O3S2. The van der Waals surface area contributed by atoms with Crippen LogP contribution in [-0.2, 0) is 23.6 Å². The summed E-state index contributed by atoms with van der Waals surface area (Å²) < 4.78 is 7.67. The van der Waals surface area contributed by atoms with Crippen LogP contribution in [0, 0.1) is 4.64 Å². The third-order valence-corrected chi connectivity index (χ3v) is 4.02. The third-order valence-electron chi connectivity index (χ3n) is 2.64. The highest BCUT2D eigenvalue weighted by molar-refractivity contribution is 8.14. The van der Waals surface area contributed by atoms with Crippen molar-refractivity contribution in [3.05, 3.63) is 15.1 Å². The molecule has 1 rings (SSSR count). The number of ether oxygens (including phenoxy) is 1. The fourth-order valence-corrected chi connectivity index (χ4v) is 2.27. The number of nitrogens with zero attached hydrogens (tertiary/aromatic N) is 3. The number of aliphatic imine (C=N–C) groups is 1. The average Bonchev–Trinajstić information content (AvgIpc) is 2.46. The van der Waals surface area contributed by atoms with Crippen molar-refractivity contribution in [3.8, 4) is 0 Å². The highest BCUT2D eigenvalue weighted by atomic mass is 32.2. The maximum absolute atomic E-state index is 11.9. The zero-order valence-electron chi connectivity index (χ0n) is 12.4. The molecule has 0 aliphatic rings. The lowest BCUT2D eigenvalue weighted by atomic mass is 10.4. The van der Waals surface area contributed by atoms with Crippen LogP contribution in [0.1, 0.15) is 13.8 Å². The second-order valence-electron chi connectivity index (χ2n) is 4.17. The number of hydrogen-bond acceptors (Lipinski definition) is 7. The van der Waals surface area contributed by atoms with E-state index in [9.17, 15) is 9.59 Å². The van der Waals surface area contributed by atoms with E-state index in [4.69, 9.17) is 22.7 Å². The van der Waals surface area contributed by atoms with E-state index in [0.717, 1.165) is 0 Å². The number of hydrogen-bond donors (Lipinski definition) is 1. The summed E-state index contributed by atoms with van der Waals surface area (Å²) in [6.45, 7) is 3.81. The summed E-state index contributed by atoms with van der Waals surface area (Å²) in [4.78, 5) is 27.5. The van der Waals surface area contributed by atoms with Crippen molar-refractivity contribution < 1.29 is 9.53 Å². The van der Waals surface area contributed by atoms with Crippen LogP contribution in [0.5, 0.6) is 0 Å². The molecule has 0 aromatic carbocycles. The first-order valence-corrected chi connectivity index (χ1v) is 7.58. The molecule has 0 saturated heterocycles. The molecule has 1 aromatic heterocycles. The zero-order chi connectivity index (χ0) is 16.2. The smallest absolute Gasteiger partial charge is 0.330 e. The van der Waals surface area contributed by atoms with Crippen molar-refractivity contribution in [2.45, 2.75) is 13.8 Å². The van der Waals surface area contributed by atoms with Gasteiger partial charge in [-0.1, -0.05) is 24.0 Å². The van der Waals surface area contributed by atoms with Gasteiger partial charge in [-0.05, 0) is 13.8 Å². The number of nitrogens with two attached hydrogens (primary N) is 1. The van der Waals surface area contributed by atoms with Crippen molar-refractivity contribution in [2.24, 2.45) is 19.1 Å². The molecule has 2 N–H and O–H groups in total. The molecule has 9 heteroatoms. The van der Waals surface area contributed by atoms with Gasteiger partial charge in [0.1, 0.15) is 10.3 Å². The number of nitrogen functional groups attached to an aromatic ring is 1. The van der Waals surface area contributed by atoms with Gasteiger partial charge >= 0.3 is 11.7 Å². The van der Waals surface area contributed by atoms with Gasteiger partial charge in [-0.3, -0.25) is 13.9 Å². The molecule has 7 nitrogen and oxygen atoms in total. The van der Waals surface area contributed by atoms with E-state index < -0.39 is 0 Å². The van der Waals surface area contributed by atoms with E-state index >= 15 is 0 Å². The fraction of sp³-hybridized carbons (Fsp3) is 0.500. The zero-order valence-corrected chi connectivity index (χ0v) is 14.0. The molecule has 116 valence electrons. The van der Waals surface area contributed by atoms with Crippen molar-refractivity contribution in [3.63, 3.8) is 0 Å². The van der Waals surface area contributed by atoms with Gasteiger partial charge in [0.15, 0.2) is 5.82 Å². The van der Waals surface area contributed by atoms with E-state index in [0.29, 0.717) is 11.7 Å². The van der Waals surface area contributed by atoms with Gasteiger partial charge in [-0.2, -0.15) is 0 Å². The predicted molar refractivity (Wildman–Crippen MR) is 87.8 cm³/mol. The van der Waals surface area contributed by atoms with Crippen molar-refractivity contribution in [1.29, 1.82) is 0 Å².